The number of fused-ring (bicyclic) bond motifs is 2. The number of benzene rings is 2. The summed E-state index contributed by atoms with van der Waals surface area (Å²) in [4.78, 5) is 0. The summed E-state index contributed by atoms with van der Waals surface area (Å²) < 4.78 is 5.87. The first-order valence-corrected chi connectivity index (χ1v) is 7.51. The lowest BCUT2D eigenvalue weighted by atomic mass is 9.79. The monoisotopic (exact) mass is 298 g/mol. The van der Waals surface area contributed by atoms with Crippen LogP contribution in [0.5, 0.6) is 0 Å². The van der Waals surface area contributed by atoms with Crippen molar-refractivity contribution in [2.24, 2.45) is 0 Å². The maximum Gasteiger partial charge on any atom is 0.153 e. The van der Waals surface area contributed by atoms with E-state index >= 15 is 0 Å². The molecule has 1 aliphatic carbocycles. The molecule has 3 aromatic rings. The standard InChI is InChI=1S/C18H15ClO2/c19-15-7-3-6-13-10-16(21-17(13)15)18(20)9-8-12-4-1-2-5-14(12)11-18/h1-7,10,20H,8-9,11H2. The number of aryl methyl sites for hydroxylation is 1. The lowest BCUT2D eigenvalue weighted by Gasteiger charge is -2.31. The first-order chi connectivity index (χ1) is 10.2. The van der Waals surface area contributed by atoms with Gasteiger partial charge in [0.15, 0.2) is 5.58 Å². The normalized spacial score (nSPS) is 21.4. The van der Waals surface area contributed by atoms with Gasteiger partial charge in [-0.15, -0.1) is 0 Å². The van der Waals surface area contributed by atoms with Crippen molar-refractivity contribution >= 4 is 22.6 Å². The molecule has 0 spiro atoms. The highest BCUT2D eigenvalue weighted by Crippen LogP contribution is 2.39. The average molecular weight is 299 g/mol. The zero-order valence-electron chi connectivity index (χ0n) is 11.5. The van der Waals surface area contributed by atoms with Gasteiger partial charge in [0.25, 0.3) is 0 Å². The number of furan rings is 1. The molecular weight excluding hydrogens is 284 g/mol. The summed E-state index contributed by atoms with van der Waals surface area (Å²) in [5.41, 5.74) is 2.21. The van der Waals surface area contributed by atoms with E-state index in [1.165, 1.54) is 11.1 Å². The van der Waals surface area contributed by atoms with Gasteiger partial charge in [0.2, 0.25) is 0 Å². The molecule has 0 aliphatic heterocycles. The molecule has 1 unspecified atom stereocenters. The Morgan fingerprint density at radius 3 is 2.67 bits per heavy atom. The van der Waals surface area contributed by atoms with E-state index in [0.717, 1.165) is 11.8 Å². The number of rotatable bonds is 1. The Labute approximate surface area is 128 Å². The van der Waals surface area contributed by atoms with E-state index in [0.29, 0.717) is 29.2 Å². The molecule has 4 rings (SSSR count). The van der Waals surface area contributed by atoms with Crippen LogP contribution < -0.4 is 0 Å². The van der Waals surface area contributed by atoms with Gasteiger partial charge in [-0.3, -0.25) is 0 Å². The molecule has 21 heavy (non-hydrogen) atoms. The third-order valence-electron chi connectivity index (χ3n) is 4.36. The number of aliphatic hydroxyl groups is 1. The molecule has 1 aliphatic rings. The lowest BCUT2D eigenvalue weighted by Crippen LogP contribution is -2.32. The van der Waals surface area contributed by atoms with Crippen molar-refractivity contribution in [1.29, 1.82) is 0 Å². The van der Waals surface area contributed by atoms with E-state index in [1.807, 2.05) is 30.3 Å². The molecule has 1 N–H and O–H groups in total. The first kappa shape index (κ1) is 12.9. The fraction of sp³-hybridized carbons (Fsp3) is 0.222. The zero-order valence-corrected chi connectivity index (χ0v) is 12.2. The third-order valence-corrected chi connectivity index (χ3v) is 4.66. The maximum atomic E-state index is 11.0. The molecule has 0 bridgehead atoms. The quantitative estimate of drug-likeness (QED) is 0.719. The van der Waals surface area contributed by atoms with Gasteiger partial charge in [0, 0.05) is 11.8 Å². The fourth-order valence-electron chi connectivity index (χ4n) is 3.19. The third kappa shape index (κ3) is 2.06. The molecule has 0 saturated carbocycles. The van der Waals surface area contributed by atoms with Crippen molar-refractivity contribution in [3.05, 3.63) is 70.4 Å². The Morgan fingerprint density at radius 2 is 1.86 bits per heavy atom. The maximum absolute atomic E-state index is 11.0. The Kier molecular flexibility index (Phi) is 2.84. The van der Waals surface area contributed by atoms with Crippen LogP contribution in [-0.4, -0.2) is 5.11 Å². The van der Waals surface area contributed by atoms with Crippen LogP contribution in [0.1, 0.15) is 23.3 Å². The summed E-state index contributed by atoms with van der Waals surface area (Å²) in [6.07, 6.45) is 2.11. The van der Waals surface area contributed by atoms with E-state index in [9.17, 15) is 5.11 Å². The molecule has 0 saturated heterocycles. The second-order valence-corrected chi connectivity index (χ2v) is 6.15. The minimum Gasteiger partial charge on any atom is -0.456 e. The van der Waals surface area contributed by atoms with Gasteiger partial charge >= 0.3 is 0 Å². The predicted molar refractivity (Wildman–Crippen MR) is 83.6 cm³/mol. The molecule has 106 valence electrons. The summed E-state index contributed by atoms with van der Waals surface area (Å²) in [6.45, 7) is 0. The van der Waals surface area contributed by atoms with Gasteiger partial charge in [-0.2, -0.15) is 0 Å². The Bertz CT molecular complexity index is 821. The smallest absolute Gasteiger partial charge is 0.153 e. The van der Waals surface area contributed by atoms with Gasteiger partial charge < -0.3 is 9.52 Å². The van der Waals surface area contributed by atoms with Gasteiger partial charge in [0.05, 0.1) is 5.02 Å². The van der Waals surface area contributed by atoms with Crippen LogP contribution >= 0.6 is 11.6 Å². The van der Waals surface area contributed by atoms with Crippen LogP contribution in [0.25, 0.3) is 11.0 Å². The highest BCUT2D eigenvalue weighted by atomic mass is 35.5. The number of hydrogen-bond acceptors (Lipinski definition) is 2. The number of hydrogen-bond donors (Lipinski definition) is 1. The average Bonchev–Trinajstić information content (AvgIpc) is 2.94. The minimum absolute atomic E-state index is 0.582. The molecule has 0 radical (unpaired) electrons. The van der Waals surface area contributed by atoms with E-state index in [-0.39, 0.29) is 0 Å². The second-order valence-electron chi connectivity index (χ2n) is 5.75. The van der Waals surface area contributed by atoms with Crippen molar-refractivity contribution in [3.8, 4) is 0 Å². The van der Waals surface area contributed by atoms with Crippen molar-refractivity contribution in [2.75, 3.05) is 0 Å². The SMILES string of the molecule is OC1(c2cc3cccc(Cl)c3o2)CCc2ccccc2C1. The van der Waals surface area contributed by atoms with Crippen molar-refractivity contribution in [1.82, 2.24) is 0 Å². The molecule has 0 fully saturated rings. The fourth-order valence-corrected chi connectivity index (χ4v) is 3.41. The topological polar surface area (TPSA) is 33.4 Å². The van der Waals surface area contributed by atoms with Crippen molar-refractivity contribution in [2.45, 2.75) is 24.9 Å². The highest BCUT2D eigenvalue weighted by molar-refractivity contribution is 6.34. The molecule has 1 heterocycles. The Balaban J connectivity index is 1.80. The van der Waals surface area contributed by atoms with Crippen LogP contribution in [0.3, 0.4) is 0 Å². The van der Waals surface area contributed by atoms with Crippen molar-refractivity contribution in [3.63, 3.8) is 0 Å². The highest BCUT2D eigenvalue weighted by Gasteiger charge is 2.36. The molecule has 1 aromatic heterocycles. The summed E-state index contributed by atoms with van der Waals surface area (Å²) in [5.74, 6) is 0.611. The van der Waals surface area contributed by atoms with Gasteiger partial charge in [-0.1, -0.05) is 48.0 Å². The van der Waals surface area contributed by atoms with Crippen LogP contribution in [0.2, 0.25) is 5.02 Å². The Hall–Kier alpha value is -1.77. The van der Waals surface area contributed by atoms with Gasteiger partial charge in [-0.25, -0.2) is 0 Å². The minimum atomic E-state index is -0.948. The molecule has 0 amide bonds. The lowest BCUT2D eigenvalue weighted by molar-refractivity contribution is 0.00266. The van der Waals surface area contributed by atoms with E-state index in [1.54, 1.807) is 6.07 Å². The largest absolute Gasteiger partial charge is 0.456 e. The van der Waals surface area contributed by atoms with E-state index < -0.39 is 5.60 Å². The molecule has 2 aromatic carbocycles. The van der Waals surface area contributed by atoms with Crippen LogP contribution in [0.4, 0.5) is 0 Å². The van der Waals surface area contributed by atoms with Crippen LogP contribution in [0.15, 0.2) is 52.9 Å². The molecule has 1 atom stereocenters. The molecule has 2 nitrogen and oxygen atoms in total. The summed E-state index contributed by atoms with van der Waals surface area (Å²) in [7, 11) is 0. The van der Waals surface area contributed by atoms with E-state index in [4.69, 9.17) is 16.0 Å². The summed E-state index contributed by atoms with van der Waals surface area (Å²) in [6, 6.07) is 15.8. The summed E-state index contributed by atoms with van der Waals surface area (Å²) in [5, 5.41) is 12.6. The van der Waals surface area contributed by atoms with Gasteiger partial charge in [0.1, 0.15) is 11.4 Å². The molecular formula is C18H15ClO2. The van der Waals surface area contributed by atoms with Crippen LogP contribution in [0, 0.1) is 0 Å². The van der Waals surface area contributed by atoms with E-state index in [2.05, 4.69) is 12.1 Å². The zero-order chi connectivity index (χ0) is 14.4. The second kappa shape index (κ2) is 4.62. The first-order valence-electron chi connectivity index (χ1n) is 7.13. The van der Waals surface area contributed by atoms with Crippen molar-refractivity contribution < 1.29 is 9.52 Å². The molecule has 3 heteroatoms. The predicted octanol–water partition coefficient (Wildman–Crippen LogP) is 4.46. The van der Waals surface area contributed by atoms with Gasteiger partial charge in [-0.05, 0) is 36.1 Å². The summed E-state index contributed by atoms with van der Waals surface area (Å²) >= 11 is 6.16. The number of halogens is 1. The Morgan fingerprint density at radius 1 is 1.05 bits per heavy atom. The van der Waals surface area contributed by atoms with Crippen LogP contribution in [-0.2, 0) is 18.4 Å². The number of para-hydroxylation sites is 1.